The Morgan fingerprint density at radius 2 is 1.81 bits per heavy atom. The summed E-state index contributed by atoms with van der Waals surface area (Å²) in [5, 5.41) is 9.05. The van der Waals surface area contributed by atoms with Crippen molar-refractivity contribution in [2.24, 2.45) is 0 Å². The molecule has 1 aromatic carbocycles. The van der Waals surface area contributed by atoms with E-state index in [1.807, 2.05) is 26.0 Å². The summed E-state index contributed by atoms with van der Waals surface area (Å²) in [6, 6.07) is 3.52. The van der Waals surface area contributed by atoms with E-state index in [1.54, 1.807) is 12.0 Å². The Hall–Kier alpha value is -2.57. The Bertz CT molecular complexity index is 708. The molecule has 27 heavy (non-hydrogen) atoms. The largest absolute Gasteiger partial charge is 0.496 e. The van der Waals surface area contributed by atoms with E-state index in [0.717, 1.165) is 23.3 Å². The highest BCUT2D eigenvalue weighted by atomic mass is 16.5. The van der Waals surface area contributed by atoms with E-state index in [0.29, 0.717) is 31.5 Å². The molecule has 2 amide bonds. The lowest BCUT2D eigenvalue weighted by atomic mass is 10.0. The predicted molar refractivity (Wildman–Crippen MR) is 101 cm³/mol. The maximum atomic E-state index is 13.0. The van der Waals surface area contributed by atoms with Gasteiger partial charge in [0.15, 0.2) is 0 Å². The summed E-state index contributed by atoms with van der Waals surface area (Å²) in [4.78, 5) is 39.0. The second-order valence-corrected chi connectivity index (χ2v) is 7.06. The topological polar surface area (TPSA) is 87.2 Å². The second kappa shape index (κ2) is 8.88. The minimum Gasteiger partial charge on any atom is -0.496 e. The Morgan fingerprint density at radius 3 is 2.33 bits per heavy atom. The van der Waals surface area contributed by atoms with Crippen molar-refractivity contribution in [3.63, 3.8) is 0 Å². The number of carboxylic acids is 1. The molecule has 148 valence electrons. The van der Waals surface area contributed by atoms with Gasteiger partial charge in [-0.15, -0.1) is 0 Å². The zero-order chi connectivity index (χ0) is 20.1. The Kier molecular flexibility index (Phi) is 6.82. The van der Waals surface area contributed by atoms with E-state index in [-0.39, 0.29) is 24.4 Å². The highest BCUT2D eigenvalue weighted by molar-refractivity contribution is 5.95. The van der Waals surface area contributed by atoms with E-state index in [1.165, 1.54) is 11.8 Å². The third-order valence-electron chi connectivity index (χ3n) is 5.05. The summed E-state index contributed by atoms with van der Waals surface area (Å²) in [6.45, 7) is 6.01. The highest BCUT2D eigenvalue weighted by Crippen LogP contribution is 2.26. The van der Waals surface area contributed by atoms with Gasteiger partial charge < -0.3 is 19.6 Å². The molecule has 7 nitrogen and oxygen atoms in total. The normalized spacial score (nSPS) is 17.2. The van der Waals surface area contributed by atoms with E-state index >= 15 is 0 Å². The van der Waals surface area contributed by atoms with Crippen molar-refractivity contribution in [1.29, 1.82) is 0 Å². The average molecular weight is 376 g/mol. The quantitative estimate of drug-likeness (QED) is 0.852. The van der Waals surface area contributed by atoms with Crippen LogP contribution in [-0.2, 0) is 9.59 Å². The monoisotopic (exact) mass is 376 g/mol. The zero-order valence-corrected chi connectivity index (χ0v) is 16.4. The van der Waals surface area contributed by atoms with Gasteiger partial charge in [0, 0.05) is 31.6 Å². The van der Waals surface area contributed by atoms with Gasteiger partial charge in [-0.1, -0.05) is 0 Å². The fraction of sp³-hybridized carbons (Fsp3) is 0.550. The van der Waals surface area contributed by atoms with Crippen molar-refractivity contribution in [3.05, 3.63) is 28.8 Å². The van der Waals surface area contributed by atoms with Crippen LogP contribution in [0.3, 0.4) is 0 Å². The number of rotatable bonds is 5. The number of aliphatic carboxylic acids is 1. The fourth-order valence-corrected chi connectivity index (χ4v) is 3.82. The van der Waals surface area contributed by atoms with Gasteiger partial charge in [-0.25, -0.2) is 0 Å². The van der Waals surface area contributed by atoms with Crippen LogP contribution in [0.2, 0.25) is 0 Å². The molecule has 2 rings (SSSR count). The fourth-order valence-electron chi connectivity index (χ4n) is 3.82. The van der Waals surface area contributed by atoms with Crippen LogP contribution in [0.15, 0.2) is 12.1 Å². The molecule has 0 aromatic heterocycles. The minimum atomic E-state index is -1.02. The average Bonchev–Trinajstić information content (AvgIpc) is 2.84. The number of carbonyl (C=O) groups is 3. The summed E-state index contributed by atoms with van der Waals surface area (Å²) in [5.74, 6) is -0.527. The second-order valence-electron chi connectivity index (χ2n) is 7.06. The molecule has 1 unspecified atom stereocenters. The van der Waals surface area contributed by atoms with Crippen LogP contribution in [-0.4, -0.2) is 65.5 Å². The van der Waals surface area contributed by atoms with E-state index < -0.39 is 5.97 Å². The van der Waals surface area contributed by atoms with Gasteiger partial charge in [0.2, 0.25) is 5.91 Å². The van der Waals surface area contributed by atoms with Crippen molar-refractivity contribution in [1.82, 2.24) is 9.80 Å². The lowest BCUT2D eigenvalue weighted by Gasteiger charge is -2.29. The number of methoxy groups -OCH3 is 1. The smallest absolute Gasteiger partial charge is 0.323 e. The van der Waals surface area contributed by atoms with Gasteiger partial charge in [-0.3, -0.25) is 14.4 Å². The number of benzene rings is 1. The number of likely N-dealkylation sites (tertiary alicyclic amines) is 1. The molecule has 1 aromatic rings. The van der Waals surface area contributed by atoms with E-state index in [2.05, 4.69) is 0 Å². The van der Waals surface area contributed by atoms with Crippen molar-refractivity contribution < 1.29 is 24.2 Å². The van der Waals surface area contributed by atoms with Gasteiger partial charge in [-0.05, 0) is 56.4 Å². The predicted octanol–water partition coefficient (Wildman–Crippen LogP) is 2.24. The molecule has 1 fully saturated rings. The van der Waals surface area contributed by atoms with Crippen molar-refractivity contribution in [2.75, 3.05) is 26.7 Å². The Labute approximate surface area is 159 Å². The molecule has 1 aliphatic rings. The molecule has 1 saturated heterocycles. The van der Waals surface area contributed by atoms with Gasteiger partial charge in [0.05, 0.1) is 7.11 Å². The number of ether oxygens (including phenoxy) is 1. The number of hydrogen-bond donors (Lipinski definition) is 1. The summed E-state index contributed by atoms with van der Waals surface area (Å²) in [5.41, 5.74) is 2.45. The lowest BCUT2D eigenvalue weighted by Crippen LogP contribution is -2.43. The molecule has 1 atom stereocenters. The standard InChI is InChI=1S/C20H28N2O5/c1-13-10-16(11-14(2)19(13)27-4)20(26)21-8-5-6-17(7-9-21)22(15(3)23)12-18(24)25/h10-11,17H,5-9,12H2,1-4H3,(H,24,25). The van der Waals surface area contributed by atoms with Crippen LogP contribution in [0.25, 0.3) is 0 Å². The maximum Gasteiger partial charge on any atom is 0.323 e. The summed E-state index contributed by atoms with van der Waals surface area (Å²) >= 11 is 0. The molecule has 1 aliphatic heterocycles. The first-order chi connectivity index (χ1) is 12.7. The third-order valence-corrected chi connectivity index (χ3v) is 5.05. The van der Waals surface area contributed by atoms with Crippen LogP contribution in [0.1, 0.15) is 47.7 Å². The molecule has 0 radical (unpaired) electrons. The van der Waals surface area contributed by atoms with Crippen molar-refractivity contribution in [2.45, 2.75) is 46.1 Å². The zero-order valence-electron chi connectivity index (χ0n) is 16.4. The molecule has 0 spiro atoms. The Balaban J connectivity index is 2.12. The number of aryl methyl sites for hydroxylation is 2. The first-order valence-electron chi connectivity index (χ1n) is 9.18. The Morgan fingerprint density at radius 1 is 1.19 bits per heavy atom. The summed E-state index contributed by atoms with van der Waals surface area (Å²) in [7, 11) is 1.61. The van der Waals surface area contributed by atoms with Crippen LogP contribution in [0, 0.1) is 13.8 Å². The minimum absolute atomic E-state index is 0.0443. The molecule has 0 bridgehead atoms. The third kappa shape index (κ3) is 4.99. The number of amides is 2. The number of carboxylic acid groups (broad SMARTS) is 1. The van der Waals surface area contributed by atoms with Crippen molar-refractivity contribution in [3.8, 4) is 5.75 Å². The maximum absolute atomic E-state index is 13.0. The van der Waals surface area contributed by atoms with Gasteiger partial charge in [-0.2, -0.15) is 0 Å². The number of nitrogens with zero attached hydrogens (tertiary/aromatic N) is 2. The SMILES string of the molecule is COc1c(C)cc(C(=O)N2CCCC(N(CC(=O)O)C(C)=O)CC2)cc1C. The molecule has 7 heteroatoms. The summed E-state index contributed by atoms with van der Waals surface area (Å²) < 4.78 is 5.36. The molecular weight excluding hydrogens is 348 g/mol. The van der Waals surface area contributed by atoms with Crippen LogP contribution < -0.4 is 4.74 Å². The lowest BCUT2D eigenvalue weighted by molar-refractivity contribution is -0.145. The van der Waals surface area contributed by atoms with Crippen molar-refractivity contribution >= 4 is 17.8 Å². The van der Waals surface area contributed by atoms with Crippen LogP contribution in [0.5, 0.6) is 5.75 Å². The van der Waals surface area contributed by atoms with Crippen LogP contribution in [0.4, 0.5) is 0 Å². The number of carbonyl (C=O) groups excluding carboxylic acids is 2. The summed E-state index contributed by atoms with van der Waals surface area (Å²) in [6.07, 6.45) is 2.00. The van der Waals surface area contributed by atoms with Gasteiger partial charge in [0.25, 0.3) is 5.91 Å². The first-order valence-corrected chi connectivity index (χ1v) is 9.18. The van der Waals surface area contributed by atoms with Crippen LogP contribution >= 0.6 is 0 Å². The van der Waals surface area contributed by atoms with E-state index in [4.69, 9.17) is 9.84 Å². The first kappa shape index (κ1) is 20.7. The number of hydrogen-bond acceptors (Lipinski definition) is 4. The van der Waals surface area contributed by atoms with Gasteiger partial charge in [0.1, 0.15) is 12.3 Å². The van der Waals surface area contributed by atoms with Gasteiger partial charge >= 0.3 is 5.97 Å². The molecule has 1 heterocycles. The molecular formula is C20H28N2O5. The molecule has 0 saturated carbocycles. The highest BCUT2D eigenvalue weighted by Gasteiger charge is 2.28. The van der Waals surface area contributed by atoms with E-state index in [9.17, 15) is 14.4 Å². The molecule has 1 N–H and O–H groups in total. The molecule has 0 aliphatic carbocycles.